The van der Waals surface area contributed by atoms with Crippen LogP contribution in [0.1, 0.15) is 16.8 Å². The Kier molecular flexibility index (Phi) is 3.40. The number of piperidine rings is 1. The van der Waals surface area contributed by atoms with Gasteiger partial charge in [-0.1, -0.05) is 0 Å². The van der Waals surface area contributed by atoms with Crippen LogP contribution in [0.25, 0.3) is 16.2 Å². The molecule has 1 saturated heterocycles. The number of thiazole rings is 1. The quantitative estimate of drug-likeness (QED) is 0.701. The predicted octanol–water partition coefficient (Wildman–Crippen LogP) is 1.34. The summed E-state index contributed by atoms with van der Waals surface area (Å²) in [6, 6.07) is 3.47. The van der Waals surface area contributed by atoms with Crippen LogP contribution >= 0.6 is 11.3 Å². The second-order valence-corrected chi connectivity index (χ2v) is 7.96. The van der Waals surface area contributed by atoms with E-state index >= 15 is 0 Å². The third-order valence-electron chi connectivity index (χ3n) is 5.66. The molecule has 0 radical (unpaired) electrons. The number of carboxylic acids is 1. The van der Waals surface area contributed by atoms with Crippen LogP contribution in [0.2, 0.25) is 0 Å². The lowest BCUT2D eigenvalue weighted by atomic mass is 10.2. The number of nitrogens with one attached hydrogen (secondary N) is 1. The van der Waals surface area contributed by atoms with E-state index in [1.807, 2.05) is 7.05 Å². The summed E-state index contributed by atoms with van der Waals surface area (Å²) in [6.07, 6.45) is 4.14. The number of pyridine rings is 2. The number of nitrogens with zero attached hydrogens (tertiary/aromatic N) is 4. The van der Waals surface area contributed by atoms with Crippen LogP contribution in [0, 0.1) is 5.92 Å². The number of carboxylic acid groups (broad SMARTS) is 1. The van der Waals surface area contributed by atoms with Crippen LogP contribution < -0.4 is 15.6 Å². The molecule has 0 aromatic carbocycles. The Bertz CT molecular complexity index is 1120. The zero-order valence-corrected chi connectivity index (χ0v) is 15.4. The summed E-state index contributed by atoms with van der Waals surface area (Å²) in [5.41, 5.74) is -0.209. The van der Waals surface area contributed by atoms with E-state index in [-0.39, 0.29) is 16.5 Å². The van der Waals surface area contributed by atoms with Crippen LogP contribution in [0.3, 0.4) is 0 Å². The second-order valence-electron chi connectivity index (χ2n) is 7.09. The molecule has 1 saturated carbocycles. The van der Waals surface area contributed by atoms with Crippen molar-refractivity contribution in [1.82, 2.24) is 19.9 Å². The first-order chi connectivity index (χ1) is 13.0. The molecule has 8 nitrogen and oxygen atoms in total. The number of hydrogen-bond acceptors (Lipinski definition) is 7. The summed E-state index contributed by atoms with van der Waals surface area (Å²) >= 11 is 1.36. The largest absolute Gasteiger partial charge is 0.477 e. The predicted molar refractivity (Wildman–Crippen MR) is 102 cm³/mol. The summed E-state index contributed by atoms with van der Waals surface area (Å²) in [6.45, 7) is 1.80. The molecule has 27 heavy (non-hydrogen) atoms. The Balaban J connectivity index is 1.68. The number of aromatic nitrogens is 3. The van der Waals surface area contributed by atoms with Crippen LogP contribution in [0.5, 0.6) is 0 Å². The number of carbonyl (C=O) groups is 1. The highest BCUT2D eigenvalue weighted by Gasteiger charge is 2.59. The summed E-state index contributed by atoms with van der Waals surface area (Å²) in [5, 5.41) is 15.5. The van der Waals surface area contributed by atoms with Crippen LogP contribution in [-0.2, 0) is 0 Å². The molecule has 2 unspecified atom stereocenters. The molecule has 0 spiro atoms. The zero-order chi connectivity index (χ0) is 18.8. The maximum absolute atomic E-state index is 12.6. The average molecular weight is 383 g/mol. The normalized spacial score (nSPS) is 23.6. The molecule has 4 heterocycles. The van der Waals surface area contributed by atoms with Crippen molar-refractivity contribution in [1.29, 1.82) is 0 Å². The van der Waals surface area contributed by atoms with Crippen LogP contribution in [0.4, 0.5) is 5.82 Å². The van der Waals surface area contributed by atoms with Crippen molar-refractivity contribution in [2.75, 3.05) is 25.0 Å². The highest BCUT2D eigenvalue weighted by atomic mass is 32.1. The number of hydrogen-bond donors (Lipinski definition) is 2. The van der Waals surface area contributed by atoms with Gasteiger partial charge in [-0.05, 0) is 31.5 Å². The van der Waals surface area contributed by atoms with Gasteiger partial charge in [0.15, 0.2) is 10.8 Å². The first kappa shape index (κ1) is 16.4. The van der Waals surface area contributed by atoms with E-state index in [0.29, 0.717) is 16.7 Å². The molecule has 3 aromatic heterocycles. The monoisotopic (exact) mass is 383 g/mol. The van der Waals surface area contributed by atoms with Crippen molar-refractivity contribution in [2.45, 2.75) is 12.0 Å². The molecule has 5 rings (SSSR count). The van der Waals surface area contributed by atoms with Crippen molar-refractivity contribution >= 4 is 34.2 Å². The standard InChI is InChI=1S/C18H17N5O3S/c1-19-18-6-10(18)7-22(9-18)13-3-2-11-14(24)12(16(25)26)8-23(15(11)21-13)17-20-4-5-27-17/h2-5,8,10,19H,6-7,9H2,1H3,(H,25,26). The molecular weight excluding hydrogens is 366 g/mol. The van der Waals surface area contributed by atoms with E-state index in [1.54, 1.807) is 28.3 Å². The number of aromatic carboxylic acids is 1. The molecule has 2 fully saturated rings. The average Bonchev–Trinajstić information content (AvgIpc) is 3.04. The summed E-state index contributed by atoms with van der Waals surface area (Å²) in [5.74, 6) is 0.152. The Labute approximate surface area is 158 Å². The van der Waals surface area contributed by atoms with Gasteiger partial charge in [0.25, 0.3) is 0 Å². The second kappa shape index (κ2) is 5.61. The lowest BCUT2D eigenvalue weighted by Crippen LogP contribution is -2.36. The topological polar surface area (TPSA) is 100 Å². The Morgan fingerprint density at radius 3 is 2.96 bits per heavy atom. The van der Waals surface area contributed by atoms with Gasteiger partial charge < -0.3 is 15.3 Å². The molecule has 0 bridgehead atoms. The van der Waals surface area contributed by atoms with Crippen molar-refractivity contribution < 1.29 is 9.90 Å². The van der Waals surface area contributed by atoms with Crippen molar-refractivity contribution in [3.05, 3.63) is 45.7 Å². The van der Waals surface area contributed by atoms with E-state index in [1.165, 1.54) is 24.0 Å². The lowest BCUT2D eigenvalue weighted by molar-refractivity contribution is 0.0695. The van der Waals surface area contributed by atoms with Gasteiger partial charge in [0.1, 0.15) is 11.4 Å². The smallest absolute Gasteiger partial charge is 0.341 e. The van der Waals surface area contributed by atoms with Crippen LogP contribution in [0.15, 0.2) is 34.7 Å². The van der Waals surface area contributed by atoms with Crippen molar-refractivity contribution in [3.8, 4) is 5.13 Å². The van der Waals surface area contributed by atoms with Gasteiger partial charge in [-0.2, -0.15) is 0 Å². The van der Waals surface area contributed by atoms with Gasteiger partial charge in [-0.15, -0.1) is 11.3 Å². The first-order valence-electron chi connectivity index (χ1n) is 8.66. The summed E-state index contributed by atoms with van der Waals surface area (Å²) < 4.78 is 1.60. The van der Waals surface area contributed by atoms with Crippen LogP contribution in [-0.4, -0.2) is 51.3 Å². The lowest BCUT2D eigenvalue weighted by Gasteiger charge is -2.22. The summed E-state index contributed by atoms with van der Waals surface area (Å²) in [7, 11) is 1.99. The number of rotatable bonds is 4. The third-order valence-corrected chi connectivity index (χ3v) is 6.43. The van der Waals surface area contributed by atoms with E-state index in [9.17, 15) is 14.7 Å². The third kappa shape index (κ3) is 2.38. The first-order valence-corrected chi connectivity index (χ1v) is 9.54. The van der Waals surface area contributed by atoms with Gasteiger partial charge in [0, 0.05) is 36.4 Å². The number of fused-ring (bicyclic) bond motifs is 2. The van der Waals surface area contributed by atoms with Crippen molar-refractivity contribution in [3.63, 3.8) is 0 Å². The SMILES string of the molecule is CNC12CC1CN(c1ccc3c(=O)c(C(=O)O)cn(-c4nccs4)c3n1)C2. The Morgan fingerprint density at radius 1 is 1.44 bits per heavy atom. The molecule has 2 aliphatic rings. The zero-order valence-electron chi connectivity index (χ0n) is 14.5. The van der Waals surface area contributed by atoms with Gasteiger partial charge in [0.05, 0.1) is 5.39 Å². The van der Waals surface area contributed by atoms with Gasteiger partial charge >= 0.3 is 5.97 Å². The molecule has 3 aromatic rings. The molecule has 9 heteroatoms. The molecular formula is C18H17N5O3S. The Morgan fingerprint density at radius 2 is 2.30 bits per heavy atom. The molecule has 0 amide bonds. The van der Waals surface area contributed by atoms with E-state index in [4.69, 9.17) is 4.98 Å². The maximum atomic E-state index is 12.6. The molecule has 138 valence electrons. The number of likely N-dealkylation sites (N-methyl/N-ethyl adjacent to an activating group) is 1. The highest BCUT2D eigenvalue weighted by molar-refractivity contribution is 7.12. The maximum Gasteiger partial charge on any atom is 0.341 e. The molecule has 1 aliphatic heterocycles. The minimum Gasteiger partial charge on any atom is -0.477 e. The summed E-state index contributed by atoms with van der Waals surface area (Å²) in [4.78, 5) is 35.3. The Hall–Kier alpha value is -2.78. The molecule has 2 atom stereocenters. The van der Waals surface area contributed by atoms with Gasteiger partial charge in [-0.25, -0.2) is 14.8 Å². The minimum atomic E-state index is -1.26. The highest BCUT2D eigenvalue weighted by Crippen LogP contribution is 2.49. The minimum absolute atomic E-state index is 0.179. The van der Waals surface area contributed by atoms with Gasteiger partial charge in [-0.3, -0.25) is 9.36 Å². The van der Waals surface area contributed by atoms with Crippen molar-refractivity contribution in [2.24, 2.45) is 5.92 Å². The van der Waals surface area contributed by atoms with E-state index in [2.05, 4.69) is 15.2 Å². The van der Waals surface area contributed by atoms with Gasteiger partial charge in [0.2, 0.25) is 5.43 Å². The number of anilines is 1. The molecule has 2 N–H and O–H groups in total. The fraction of sp³-hybridized carbons (Fsp3) is 0.333. The van der Waals surface area contributed by atoms with E-state index < -0.39 is 11.4 Å². The van der Waals surface area contributed by atoms with E-state index in [0.717, 1.165) is 18.9 Å². The molecule has 1 aliphatic carbocycles. The fourth-order valence-electron chi connectivity index (χ4n) is 4.05. The fourth-order valence-corrected chi connectivity index (χ4v) is 4.66.